The van der Waals surface area contributed by atoms with Crippen molar-refractivity contribution in [3.63, 3.8) is 0 Å². The van der Waals surface area contributed by atoms with Gasteiger partial charge in [0.15, 0.2) is 21.4 Å². The van der Waals surface area contributed by atoms with Gasteiger partial charge in [0.05, 0.1) is 20.8 Å². The minimum Gasteiger partial charge on any atom is -0.508 e. The number of hydrogen-bond donors (Lipinski definition) is 4. The molecule has 0 aliphatic rings. The maximum absolute atomic E-state index is 14.8. The summed E-state index contributed by atoms with van der Waals surface area (Å²) in [6, 6.07) is 102. The topological polar surface area (TPSA) is 188 Å². The Bertz CT molecular complexity index is 4960. The van der Waals surface area contributed by atoms with Gasteiger partial charge >= 0.3 is 0 Å². The smallest absolute Gasteiger partial charge is 0.171 e. The molecule has 106 heavy (non-hydrogen) atoms. The number of halogens is 2. The number of phenolic OH excluding ortho intramolecular Hbond substituents is 3. The van der Waals surface area contributed by atoms with E-state index in [4.69, 9.17) is 33.5 Å². The molecule has 13 nitrogen and oxygen atoms in total. The Balaban J connectivity index is 0.000000178. The predicted octanol–water partition coefficient (Wildman–Crippen LogP) is 18.6. The van der Waals surface area contributed by atoms with Crippen molar-refractivity contribution in [2.45, 2.75) is 14.0 Å². The van der Waals surface area contributed by atoms with E-state index in [1.165, 1.54) is 48.5 Å². The lowest BCUT2D eigenvalue weighted by molar-refractivity contribution is 0.281. The fraction of sp³-hybridized carbons (Fsp3) is 0.0455. The summed E-state index contributed by atoms with van der Waals surface area (Å²) in [6.45, 7) is -0.0155. The molecule has 0 saturated heterocycles. The number of phenols is 3. The van der Waals surface area contributed by atoms with Crippen LogP contribution in [0.3, 0.4) is 0 Å². The van der Waals surface area contributed by atoms with Gasteiger partial charge in [0.1, 0.15) is 86.4 Å². The zero-order valence-electron chi connectivity index (χ0n) is 56.8. The SMILES string of the molecule is C.COc1ccc(O)cc1.COc1ccc(Oc2ccc(P(=O)(c3ccccc3)c3ccc(Oc4ccc(CO)cc4)cc3)cc2)cc1.O=P(c1ccccc1)(c1ccc(F)cc1)c1ccc(F)cc1.O=P(c1ccccc1)(c1ccc(Oc2ccc(O)cc2)cc1)c1ccc(Oc2ccc(O)cc2)cc1.[2HH]. The molecule has 0 amide bonds. The number of aliphatic hydroxyl groups is 1. The summed E-state index contributed by atoms with van der Waals surface area (Å²) in [5.41, 5.74) is 0.817. The molecular formula is C88H77F2O13P3. The van der Waals surface area contributed by atoms with Gasteiger partial charge in [0, 0.05) is 49.2 Å². The first-order chi connectivity index (χ1) is 51.0. The predicted molar refractivity (Wildman–Crippen MR) is 423 cm³/mol. The lowest BCUT2D eigenvalue weighted by Gasteiger charge is -2.20. The molecule has 18 heteroatoms. The molecule has 536 valence electrons. The lowest BCUT2D eigenvalue weighted by atomic mass is 10.2. The highest BCUT2D eigenvalue weighted by Gasteiger charge is 2.33. The van der Waals surface area contributed by atoms with Crippen LogP contribution < -0.4 is 76.2 Å². The van der Waals surface area contributed by atoms with Crippen LogP contribution in [0, 0.1) is 11.6 Å². The second-order valence-electron chi connectivity index (χ2n) is 23.3. The molecule has 0 saturated carbocycles. The van der Waals surface area contributed by atoms with E-state index in [0.717, 1.165) is 27.7 Å². The first-order valence-electron chi connectivity index (χ1n) is 32.9. The normalized spacial score (nSPS) is 11.3. The van der Waals surface area contributed by atoms with E-state index in [1.807, 2.05) is 188 Å². The largest absolute Gasteiger partial charge is 0.508 e. The van der Waals surface area contributed by atoms with E-state index < -0.39 is 21.4 Å². The first-order valence-corrected chi connectivity index (χ1v) is 38.0. The molecule has 14 aromatic rings. The molecular weight excluding hydrogens is 1400 g/mol. The minimum atomic E-state index is -3.17. The van der Waals surface area contributed by atoms with Crippen molar-refractivity contribution in [1.82, 2.24) is 0 Å². The molecule has 0 aliphatic carbocycles. The molecule has 0 heterocycles. The fourth-order valence-corrected chi connectivity index (χ4v) is 18.8. The van der Waals surface area contributed by atoms with E-state index in [0.29, 0.717) is 83.1 Å². The van der Waals surface area contributed by atoms with Crippen LogP contribution in [0.1, 0.15) is 14.4 Å². The van der Waals surface area contributed by atoms with Crippen LogP contribution in [0.15, 0.2) is 358 Å². The summed E-state index contributed by atoms with van der Waals surface area (Å²) in [5, 5.41) is 42.9. The van der Waals surface area contributed by atoms with Crippen LogP contribution in [-0.2, 0) is 20.3 Å². The quantitative estimate of drug-likeness (QED) is 0.0529. The van der Waals surface area contributed by atoms with Crippen LogP contribution in [0.5, 0.6) is 74.7 Å². The van der Waals surface area contributed by atoms with Crippen molar-refractivity contribution in [2.75, 3.05) is 14.2 Å². The molecule has 14 aromatic carbocycles. The van der Waals surface area contributed by atoms with Gasteiger partial charge in [0.25, 0.3) is 0 Å². The van der Waals surface area contributed by atoms with Gasteiger partial charge in [-0.15, -0.1) is 0 Å². The number of rotatable bonds is 20. The Labute approximate surface area is 616 Å². The fourth-order valence-electron chi connectivity index (χ4n) is 10.9. The van der Waals surface area contributed by atoms with Crippen molar-refractivity contribution >= 4 is 69.2 Å². The van der Waals surface area contributed by atoms with Crippen LogP contribution in [0.25, 0.3) is 0 Å². The van der Waals surface area contributed by atoms with Crippen molar-refractivity contribution in [2.24, 2.45) is 0 Å². The third-order valence-corrected chi connectivity index (χ3v) is 25.6. The molecule has 0 aliphatic heterocycles. The van der Waals surface area contributed by atoms with Crippen LogP contribution in [0.4, 0.5) is 8.78 Å². The van der Waals surface area contributed by atoms with Gasteiger partial charge in [-0.2, -0.15) is 0 Å². The summed E-state index contributed by atoms with van der Waals surface area (Å²) in [6.07, 6.45) is 0. The number of aliphatic hydroxyl groups excluding tert-OH is 1. The number of aromatic hydroxyl groups is 3. The van der Waals surface area contributed by atoms with Gasteiger partial charge in [-0.1, -0.05) is 111 Å². The van der Waals surface area contributed by atoms with Gasteiger partial charge < -0.3 is 62.5 Å². The van der Waals surface area contributed by atoms with Gasteiger partial charge in [-0.05, 0) is 260 Å². The Hall–Kier alpha value is -12.2. The molecule has 0 radical (unpaired) electrons. The number of hydrogen-bond acceptors (Lipinski definition) is 13. The molecule has 1 atom stereocenters. The third-order valence-electron chi connectivity index (χ3n) is 16.4. The number of benzene rings is 14. The summed E-state index contributed by atoms with van der Waals surface area (Å²) < 4.78 is 103. The van der Waals surface area contributed by atoms with Crippen LogP contribution >= 0.6 is 21.4 Å². The summed E-state index contributed by atoms with van der Waals surface area (Å²) in [4.78, 5) is 0. The van der Waals surface area contributed by atoms with Crippen LogP contribution in [-0.4, -0.2) is 34.6 Å². The highest BCUT2D eigenvalue weighted by atomic mass is 31.2. The van der Waals surface area contributed by atoms with Crippen LogP contribution in [0.2, 0.25) is 0 Å². The summed E-state index contributed by atoms with van der Waals surface area (Å²) in [5.74, 6) is 6.35. The zero-order chi connectivity index (χ0) is 73.6. The monoisotopic (exact) mass is 1470 g/mol. The maximum atomic E-state index is 14.8. The third kappa shape index (κ3) is 19.3. The molecule has 14 rings (SSSR count). The van der Waals surface area contributed by atoms with Crippen molar-refractivity contribution in [1.29, 1.82) is 0 Å². The Morgan fingerprint density at radius 1 is 0.255 bits per heavy atom. The molecule has 1 unspecified atom stereocenters. The average Bonchev–Trinajstić information content (AvgIpc) is 0.779. The van der Waals surface area contributed by atoms with Crippen molar-refractivity contribution < 1.29 is 72.7 Å². The second kappa shape index (κ2) is 36.3. The number of methoxy groups -OCH3 is 2. The Morgan fingerprint density at radius 2 is 0.425 bits per heavy atom. The van der Waals surface area contributed by atoms with E-state index in [2.05, 4.69) is 0 Å². The molecule has 0 bridgehead atoms. The minimum absolute atomic E-state index is 0. The summed E-state index contributed by atoms with van der Waals surface area (Å²) in [7, 11) is -6.27. The molecule has 4 N–H and O–H groups in total. The first kappa shape index (κ1) is 76.4. The number of ether oxygens (including phenoxy) is 6. The zero-order valence-corrected chi connectivity index (χ0v) is 59.5. The van der Waals surface area contributed by atoms with E-state index in [9.17, 15) is 37.8 Å². The molecule has 0 fully saturated rings. The van der Waals surface area contributed by atoms with Gasteiger partial charge in [-0.3, -0.25) is 0 Å². The maximum Gasteiger partial charge on any atom is 0.171 e. The lowest BCUT2D eigenvalue weighted by Crippen LogP contribution is -2.25. The van der Waals surface area contributed by atoms with Crippen molar-refractivity contribution in [3.05, 3.63) is 375 Å². The van der Waals surface area contributed by atoms with Crippen molar-refractivity contribution in [3.8, 4) is 74.7 Å². The van der Waals surface area contributed by atoms with E-state index in [-0.39, 0.29) is 44.3 Å². The molecule has 0 spiro atoms. The van der Waals surface area contributed by atoms with E-state index >= 15 is 0 Å². The Kier molecular flexibility index (Phi) is 26.2. The second-order valence-corrected chi connectivity index (χ2v) is 31.6. The molecule has 0 aromatic heterocycles. The summed E-state index contributed by atoms with van der Waals surface area (Å²) >= 11 is 0. The van der Waals surface area contributed by atoms with E-state index in [1.54, 1.807) is 136 Å². The highest BCUT2D eigenvalue weighted by molar-refractivity contribution is 7.86. The highest BCUT2D eigenvalue weighted by Crippen LogP contribution is 2.46. The van der Waals surface area contributed by atoms with Gasteiger partial charge in [0.2, 0.25) is 0 Å². The Morgan fingerprint density at radius 3 is 0.642 bits per heavy atom. The average molecular weight is 1470 g/mol. The van der Waals surface area contributed by atoms with Gasteiger partial charge in [-0.25, -0.2) is 8.78 Å². The standard InChI is InChI=1S/C32H27O5P.C30H23O5P.C18H13F2OP.C7H8O2.CH4.H2/c1-35-25-11-13-27(14-12-25)37-29-17-21-32(22-18-29)38(34,30-5-3-2-4-6-30)31-19-15-28(16-20-31)36-26-9-7-24(23-33)8-10-26;31-22-6-10-24(11-7-22)34-26-14-18-29(19-15-26)36(33,28-4-2-1-3-5-28)30-20-16-27(17-21-30)35-25-12-8-23(32)9-13-25;19-14-6-10-17(11-7-14)22(21,16-4-2-1-3-5-16)18-12-8-15(20)9-13-18;1-9-7-4-2-6(8)3-5-7;;/h2-22,33H,23H2,1H3;1-21,31-32H;1-13H;2-5,8H,1H3;1H4;1H/i;;;;;1+1.